The molecule has 0 bridgehead atoms. The lowest BCUT2D eigenvalue weighted by Crippen LogP contribution is -2.31. The molecule has 1 aromatic rings. The van der Waals surface area contributed by atoms with Gasteiger partial charge in [0, 0.05) is 31.4 Å². The average Bonchev–Trinajstić information content (AvgIpc) is 2.67. The van der Waals surface area contributed by atoms with E-state index in [0.717, 1.165) is 10.7 Å². The molecule has 1 N–H and O–H groups in total. The van der Waals surface area contributed by atoms with Gasteiger partial charge in [0.05, 0.1) is 10.7 Å². The van der Waals surface area contributed by atoms with Crippen LogP contribution in [-0.4, -0.2) is 36.7 Å². The molecule has 0 fully saturated rings. The van der Waals surface area contributed by atoms with E-state index in [0.29, 0.717) is 6.42 Å². The highest BCUT2D eigenvalue weighted by Crippen LogP contribution is 2.24. The van der Waals surface area contributed by atoms with Gasteiger partial charge in [-0.2, -0.15) is 0 Å². The van der Waals surface area contributed by atoms with Crippen molar-refractivity contribution in [1.82, 2.24) is 4.98 Å². The van der Waals surface area contributed by atoms with Crippen LogP contribution >= 0.6 is 11.3 Å². The third-order valence-electron chi connectivity index (χ3n) is 2.48. The summed E-state index contributed by atoms with van der Waals surface area (Å²) in [5, 5.41) is 12.8. The van der Waals surface area contributed by atoms with Gasteiger partial charge in [0.1, 0.15) is 6.10 Å². The number of thiazole rings is 1. The van der Waals surface area contributed by atoms with E-state index in [4.69, 9.17) is 9.47 Å². The molecular formula is C12H21NO3S. The SMILES string of the molecule is COC(OC)C(O)Cc1nc(C(C)(C)C)cs1. The summed E-state index contributed by atoms with van der Waals surface area (Å²) in [4.78, 5) is 4.52. The second kappa shape index (κ2) is 5.91. The molecule has 4 nitrogen and oxygen atoms in total. The Bertz CT molecular complexity index is 342. The van der Waals surface area contributed by atoms with Crippen molar-refractivity contribution in [1.29, 1.82) is 0 Å². The van der Waals surface area contributed by atoms with Crippen LogP contribution in [0.4, 0.5) is 0 Å². The van der Waals surface area contributed by atoms with Gasteiger partial charge in [0.15, 0.2) is 6.29 Å². The van der Waals surface area contributed by atoms with Crippen molar-refractivity contribution >= 4 is 11.3 Å². The Morgan fingerprint density at radius 3 is 2.35 bits per heavy atom. The third kappa shape index (κ3) is 4.03. The van der Waals surface area contributed by atoms with Crippen LogP contribution in [0.2, 0.25) is 0 Å². The predicted octanol–water partition coefficient (Wildman–Crippen LogP) is 1.96. The number of rotatable bonds is 5. The average molecular weight is 259 g/mol. The number of aliphatic hydroxyl groups is 1. The van der Waals surface area contributed by atoms with Crippen molar-refractivity contribution in [2.45, 2.75) is 45.0 Å². The maximum absolute atomic E-state index is 9.89. The fourth-order valence-electron chi connectivity index (χ4n) is 1.43. The first-order valence-electron chi connectivity index (χ1n) is 5.57. The van der Waals surface area contributed by atoms with Gasteiger partial charge in [-0.3, -0.25) is 0 Å². The molecule has 98 valence electrons. The standard InChI is InChI=1S/C12H21NO3S/c1-12(2,3)9-7-17-10(13-9)6-8(14)11(15-4)16-5/h7-8,11,14H,6H2,1-5H3. The topological polar surface area (TPSA) is 51.6 Å². The molecule has 0 aromatic carbocycles. The maximum Gasteiger partial charge on any atom is 0.183 e. The molecule has 17 heavy (non-hydrogen) atoms. The Balaban J connectivity index is 2.66. The zero-order valence-corrected chi connectivity index (χ0v) is 11.9. The number of aromatic nitrogens is 1. The summed E-state index contributed by atoms with van der Waals surface area (Å²) in [5.41, 5.74) is 1.10. The van der Waals surface area contributed by atoms with Gasteiger partial charge in [-0.15, -0.1) is 11.3 Å². The molecule has 0 aliphatic heterocycles. The van der Waals surface area contributed by atoms with Crippen molar-refractivity contribution < 1.29 is 14.6 Å². The Hall–Kier alpha value is -0.490. The van der Waals surface area contributed by atoms with Crippen LogP contribution in [0.3, 0.4) is 0 Å². The van der Waals surface area contributed by atoms with E-state index in [-0.39, 0.29) is 5.41 Å². The van der Waals surface area contributed by atoms with Crippen molar-refractivity contribution in [2.75, 3.05) is 14.2 Å². The van der Waals surface area contributed by atoms with Crippen molar-refractivity contribution in [3.8, 4) is 0 Å². The number of aliphatic hydroxyl groups excluding tert-OH is 1. The van der Waals surface area contributed by atoms with Crippen LogP contribution < -0.4 is 0 Å². The van der Waals surface area contributed by atoms with Gasteiger partial charge >= 0.3 is 0 Å². The lowest BCUT2D eigenvalue weighted by molar-refractivity contribution is -0.163. The fraction of sp³-hybridized carbons (Fsp3) is 0.750. The van der Waals surface area contributed by atoms with Crippen LogP contribution in [0.25, 0.3) is 0 Å². The third-order valence-corrected chi connectivity index (χ3v) is 3.35. The van der Waals surface area contributed by atoms with E-state index in [2.05, 4.69) is 25.8 Å². The minimum Gasteiger partial charge on any atom is -0.387 e. The predicted molar refractivity (Wildman–Crippen MR) is 68.3 cm³/mol. The molecule has 1 rings (SSSR count). The van der Waals surface area contributed by atoms with E-state index < -0.39 is 12.4 Å². The molecule has 1 atom stereocenters. The van der Waals surface area contributed by atoms with Gasteiger partial charge in [-0.25, -0.2) is 4.98 Å². The van der Waals surface area contributed by atoms with Gasteiger partial charge in [0.25, 0.3) is 0 Å². The first-order chi connectivity index (χ1) is 7.88. The molecular weight excluding hydrogens is 238 g/mol. The molecule has 0 aliphatic rings. The summed E-state index contributed by atoms with van der Waals surface area (Å²) in [6.45, 7) is 6.36. The van der Waals surface area contributed by atoms with Gasteiger partial charge in [0.2, 0.25) is 0 Å². The lowest BCUT2D eigenvalue weighted by atomic mass is 9.93. The molecule has 0 amide bonds. The lowest BCUT2D eigenvalue weighted by Gasteiger charge is -2.19. The maximum atomic E-state index is 9.89. The number of methoxy groups -OCH3 is 2. The van der Waals surface area contributed by atoms with Crippen molar-refractivity contribution in [3.05, 3.63) is 16.1 Å². The van der Waals surface area contributed by atoms with E-state index in [1.807, 2.05) is 5.38 Å². The summed E-state index contributed by atoms with van der Waals surface area (Å²) < 4.78 is 10.0. The zero-order valence-electron chi connectivity index (χ0n) is 11.1. The van der Waals surface area contributed by atoms with Gasteiger partial charge in [-0.05, 0) is 0 Å². The highest BCUT2D eigenvalue weighted by Gasteiger charge is 2.22. The van der Waals surface area contributed by atoms with Gasteiger partial charge < -0.3 is 14.6 Å². The minimum atomic E-state index is -0.691. The van der Waals surface area contributed by atoms with E-state index in [1.165, 1.54) is 14.2 Å². The van der Waals surface area contributed by atoms with Crippen LogP contribution in [0.1, 0.15) is 31.5 Å². The molecule has 0 saturated heterocycles. The number of hydrogen-bond donors (Lipinski definition) is 1. The van der Waals surface area contributed by atoms with Crippen LogP contribution in [0.15, 0.2) is 5.38 Å². The fourth-order valence-corrected chi connectivity index (χ4v) is 2.51. The Kier molecular flexibility index (Phi) is 5.06. The summed E-state index contributed by atoms with van der Waals surface area (Å²) in [7, 11) is 3.03. The normalized spacial score (nSPS) is 14.3. The van der Waals surface area contributed by atoms with E-state index in [9.17, 15) is 5.11 Å². The van der Waals surface area contributed by atoms with Gasteiger partial charge in [-0.1, -0.05) is 20.8 Å². The Morgan fingerprint density at radius 1 is 1.35 bits per heavy atom. The monoisotopic (exact) mass is 259 g/mol. The highest BCUT2D eigenvalue weighted by atomic mass is 32.1. The Labute approximate surface area is 107 Å². The summed E-state index contributed by atoms with van der Waals surface area (Å²) in [6, 6.07) is 0. The smallest absolute Gasteiger partial charge is 0.183 e. The molecule has 1 aromatic heterocycles. The largest absolute Gasteiger partial charge is 0.387 e. The second-order valence-electron chi connectivity index (χ2n) is 4.99. The summed E-state index contributed by atoms with van der Waals surface area (Å²) in [5.74, 6) is 0. The van der Waals surface area contributed by atoms with E-state index >= 15 is 0 Å². The van der Waals surface area contributed by atoms with Crippen LogP contribution in [0, 0.1) is 0 Å². The Morgan fingerprint density at radius 2 is 1.94 bits per heavy atom. The molecule has 1 heterocycles. The second-order valence-corrected chi connectivity index (χ2v) is 5.93. The number of hydrogen-bond acceptors (Lipinski definition) is 5. The van der Waals surface area contributed by atoms with E-state index in [1.54, 1.807) is 11.3 Å². The molecule has 0 radical (unpaired) electrons. The van der Waals surface area contributed by atoms with Crippen molar-refractivity contribution in [3.63, 3.8) is 0 Å². The first-order valence-corrected chi connectivity index (χ1v) is 6.45. The molecule has 1 unspecified atom stereocenters. The van der Waals surface area contributed by atoms with Crippen LogP contribution in [-0.2, 0) is 21.3 Å². The number of ether oxygens (including phenoxy) is 2. The summed E-state index contributed by atoms with van der Waals surface area (Å²) >= 11 is 1.56. The minimum absolute atomic E-state index is 0.0433. The highest BCUT2D eigenvalue weighted by molar-refractivity contribution is 7.09. The molecule has 0 spiro atoms. The number of nitrogens with zero attached hydrogens (tertiary/aromatic N) is 1. The summed E-state index contributed by atoms with van der Waals surface area (Å²) in [6.07, 6.45) is -0.839. The molecule has 5 heteroatoms. The molecule has 0 saturated carbocycles. The van der Waals surface area contributed by atoms with Crippen molar-refractivity contribution in [2.24, 2.45) is 0 Å². The van der Waals surface area contributed by atoms with Crippen LogP contribution in [0.5, 0.6) is 0 Å². The quantitative estimate of drug-likeness (QED) is 0.821. The zero-order chi connectivity index (χ0) is 13.1. The first kappa shape index (κ1) is 14.6. The molecule has 0 aliphatic carbocycles.